The van der Waals surface area contributed by atoms with E-state index in [1.165, 1.54) is 24.3 Å². The number of hydrogen-bond donors (Lipinski definition) is 1. The molecule has 4 rings (SSSR count). The SMILES string of the molecule is COc1ccc(Cl)c(/C(O)=C2\C(=O)C(=O)N(Cc3ccco3)C2c2ccccn2)c1. The first-order chi connectivity index (χ1) is 14.5. The molecule has 3 heterocycles. The van der Waals surface area contributed by atoms with E-state index in [2.05, 4.69) is 4.98 Å². The number of halogens is 1. The van der Waals surface area contributed by atoms with Crippen molar-refractivity contribution in [2.24, 2.45) is 0 Å². The molecule has 1 fully saturated rings. The molecule has 1 atom stereocenters. The fraction of sp³-hybridized carbons (Fsp3) is 0.136. The molecule has 1 unspecified atom stereocenters. The molecule has 8 heteroatoms. The van der Waals surface area contributed by atoms with E-state index in [1.807, 2.05) is 0 Å². The molecule has 1 amide bonds. The third-order valence-corrected chi connectivity index (χ3v) is 5.17. The molecular weight excluding hydrogens is 408 g/mol. The van der Waals surface area contributed by atoms with E-state index in [0.717, 1.165) is 0 Å². The second-order valence-corrected chi connectivity index (χ2v) is 7.01. The molecule has 0 spiro atoms. The van der Waals surface area contributed by atoms with Crippen LogP contribution in [-0.4, -0.2) is 33.8 Å². The van der Waals surface area contributed by atoms with Crippen LogP contribution < -0.4 is 4.74 Å². The molecule has 30 heavy (non-hydrogen) atoms. The number of ether oxygens (including phenoxy) is 1. The highest BCUT2D eigenvalue weighted by Gasteiger charge is 2.47. The number of aliphatic hydroxyl groups is 1. The van der Waals surface area contributed by atoms with E-state index in [9.17, 15) is 14.7 Å². The molecule has 1 aliphatic rings. The Hall–Kier alpha value is -3.58. The summed E-state index contributed by atoms with van der Waals surface area (Å²) in [7, 11) is 1.48. The zero-order valence-electron chi connectivity index (χ0n) is 15.9. The van der Waals surface area contributed by atoms with Crippen LogP contribution in [-0.2, 0) is 16.1 Å². The molecule has 1 N–H and O–H groups in total. The van der Waals surface area contributed by atoms with Crippen LogP contribution in [0.3, 0.4) is 0 Å². The lowest BCUT2D eigenvalue weighted by molar-refractivity contribution is -0.140. The van der Waals surface area contributed by atoms with E-state index >= 15 is 0 Å². The molecule has 1 saturated heterocycles. The van der Waals surface area contributed by atoms with Crippen LogP contribution in [0.4, 0.5) is 0 Å². The minimum absolute atomic E-state index is 0.0431. The fourth-order valence-corrected chi connectivity index (χ4v) is 3.62. The van der Waals surface area contributed by atoms with E-state index in [1.54, 1.807) is 48.7 Å². The quantitative estimate of drug-likeness (QED) is 0.378. The van der Waals surface area contributed by atoms with Crippen LogP contribution in [0.1, 0.15) is 23.1 Å². The average molecular weight is 425 g/mol. The Morgan fingerprint density at radius 3 is 2.73 bits per heavy atom. The molecule has 0 aliphatic carbocycles. The number of carbonyl (C=O) groups is 2. The summed E-state index contributed by atoms with van der Waals surface area (Å²) in [5.41, 5.74) is 0.525. The zero-order chi connectivity index (χ0) is 21.3. The van der Waals surface area contributed by atoms with Crippen molar-refractivity contribution in [3.05, 3.63) is 88.6 Å². The predicted octanol–water partition coefficient (Wildman–Crippen LogP) is 3.96. The first-order valence-electron chi connectivity index (χ1n) is 9.07. The van der Waals surface area contributed by atoms with Crippen LogP contribution in [0.5, 0.6) is 5.75 Å². The van der Waals surface area contributed by atoms with Crippen molar-refractivity contribution in [3.8, 4) is 5.75 Å². The lowest BCUT2D eigenvalue weighted by atomic mass is 9.98. The summed E-state index contributed by atoms with van der Waals surface area (Å²) in [6, 6.07) is 12.3. The second kappa shape index (κ2) is 8.04. The molecule has 0 bridgehead atoms. The molecule has 152 valence electrons. The molecule has 0 saturated carbocycles. The number of carbonyl (C=O) groups excluding carboxylic acids is 2. The molecule has 3 aromatic rings. The molecule has 0 radical (unpaired) electrons. The first kappa shape index (κ1) is 19.7. The van der Waals surface area contributed by atoms with Gasteiger partial charge < -0.3 is 19.2 Å². The minimum atomic E-state index is -0.904. The van der Waals surface area contributed by atoms with Gasteiger partial charge in [-0.2, -0.15) is 0 Å². The Bertz CT molecular complexity index is 1130. The van der Waals surface area contributed by atoms with Gasteiger partial charge in [0, 0.05) is 11.8 Å². The third kappa shape index (κ3) is 3.44. The molecule has 1 aromatic carbocycles. The van der Waals surface area contributed by atoms with Crippen molar-refractivity contribution in [1.82, 2.24) is 9.88 Å². The van der Waals surface area contributed by atoms with Crippen LogP contribution >= 0.6 is 11.6 Å². The lowest BCUT2D eigenvalue weighted by Crippen LogP contribution is -2.29. The van der Waals surface area contributed by atoms with Crippen LogP contribution in [0.25, 0.3) is 5.76 Å². The smallest absolute Gasteiger partial charge is 0.296 e. The number of Topliss-reactive ketones (excluding diaryl/α,β-unsaturated/α-hetero) is 1. The number of likely N-dealkylation sites (tertiary alicyclic amines) is 1. The van der Waals surface area contributed by atoms with Crippen molar-refractivity contribution in [3.63, 3.8) is 0 Å². The van der Waals surface area contributed by atoms with Gasteiger partial charge in [0.05, 0.1) is 36.2 Å². The maximum atomic E-state index is 13.0. The summed E-state index contributed by atoms with van der Waals surface area (Å²) in [4.78, 5) is 31.5. The monoisotopic (exact) mass is 424 g/mol. The first-order valence-corrected chi connectivity index (χ1v) is 9.44. The van der Waals surface area contributed by atoms with Crippen molar-refractivity contribution in [1.29, 1.82) is 0 Å². The Morgan fingerprint density at radius 1 is 1.23 bits per heavy atom. The number of aliphatic hydroxyl groups excluding tert-OH is 1. The molecule has 1 aliphatic heterocycles. The highest BCUT2D eigenvalue weighted by molar-refractivity contribution is 6.46. The zero-order valence-corrected chi connectivity index (χ0v) is 16.7. The van der Waals surface area contributed by atoms with Gasteiger partial charge in [-0.25, -0.2) is 0 Å². The third-order valence-electron chi connectivity index (χ3n) is 4.84. The van der Waals surface area contributed by atoms with Gasteiger partial charge in [-0.1, -0.05) is 17.7 Å². The van der Waals surface area contributed by atoms with Crippen molar-refractivity contribution in [2.75, 3.05) is 7.11 Å². The number of benzene rings is 1. The van der Waals surface area contributed by atoms with Crippen LogP contribution in [0.2, 0.25) is 5.02 Å². The number of aromatic nitrogens is 1. The number of pyridine rings is 1. The maximum absolute atomic E-state index is 13.0. The normalized spacial score (nSPS) is 18.1. The van der Waals surface area contributed by atoms with Gasteiger partial charge in [-0.15, -0.1) is 0 Å². The largest absolute Gasteiger partial charge is 0.507 e. The highest BCUT2D eigenvalue weighted by Crippen LogP contribution is 2.41. The molecular formula is C22H17ClN2O5. The number of amides is 1. The standard InChI is InChI=1S/C22H17ClN2O5/c1-29-13-7-8-16(23)15(11-13)20(26)18-19(17-6-2-3-9-24-17)25(22(28)21(18)27)12-14-5-4-10-30-14/h2-11,19,26H,12H2,1H3/b20-18+. The van der Waals surface area contributed by atoms with Gasteiger partial charge in [0.1, 0.15) is 23.3 Å². The van der Waals surface area contributed by atoms with Crippen molar-refractivity contribution in [2.45, 2.75) is 12.6 Å². The second-order valence-electron chi connectivity index (χ2n) is 6.61. The Labute approximate surface area is 177 Å². The topological polar surface area (TPSA) is 92.9 Å². The minimum Gasteiger partial charge on any atom is -0.507 e. The average Bonchev–Trinajstić information content (AvgIpc) is 3.36. The van der Waals surface area contributed by atoms with Crippen LogP contribution in [0, 0.1) is 0 Å². The van der Waals surface area contributed by atoms with E-state index in [-0.39, 0.29) is 22.7 Å². The lowest BCUT2D eigenvalue weighted by Gasteiger charge is -2.23. The number of ketones is 1. The fourth-order valence-electron chi connectivity index (χ4n) is 3.42. The summed E-state index contributed by atoms with van der Waals surface area (Å²) >= 11 is 6.27. The van der Waals surface area contributed by atoms with E-state index in [4.69, 9.17) is 20.8 Å². The summed E-state index contributed by atoms with van der Waals surface area (Å²) in [6.07, 6.45) is 3.04. The molecule has 7 nitrogen and oxygen atoms in total. The number of methoxy groups -OCH3 is 1. The number of rotatable bonds is 5. The summed E-state index contributed by atoms with van der Waals surface area (Å²) < 4.78 is 10.5. The van der Waals surface area contributed by atoms with Crippen molar-refractivity contribution >= 4 is 29.1 Å². The van der Waals surface area contributed by atoms with E-state index < -0.39 is 23.5 Å². The van der Waals surface area contributed by atoms with Gasteiger partial charge in [0.25, 0.3) is 11.7 Å². The Balaban J connectivity index is 1.89. The summed E-state index contributed by atoms with van der Waals surface area (Å²) in [6.45, 7) is 0.0431. The van der Waals surface area contributed by atoms with Crippen LogP contribution in [0.15, 0.2) is 71.0 Å². The Morgan fingerprint density at radius 2 is 2.07 bits per heavy atom. The number of nitrogens with zero attached hydrogens (tertiary/aromatic N) is 2. The Kier molecular flexibility index (Phi) is 5.29. The van der Waals surface area contributed by atoms with Gasteiger partial charge >= 0.3 is 0 Å². The summed E-state index contributed by atoms with van der Waals surface area (Å²) in [5, 5.41) is 11.3. The van der Waals surface area contributed by atoms with Crippen molar-refractivity contribution < 1.29 is 23.8 Å². The predicted molar refractivity (Wildman–Crippen MR) is 109 cm³/mol. The van der Waals surface area contributed by atoms with E-state index in [0.29, 0.717) is 17.2 Å². The highest BCUT2D eigenvalue weighted by atomic mass is 35.5. The van der Waals surface area contributed by atoms with Gasteiger partial charge in [-0.05, 0) is 42.5 Å². The van der Waals surface area contributed by atoms with Gasteiger partial charge in [0.15, 0.2) is 0 Å². The maximum Gasteiger partial charge on any atom is 0.296 e. The molecule has 2 aromatic heterocycles. The summed E-state index contributed by atoms with van der Waals surface area (Å²) in [5.74, 6) is -1.04. The van der Waals surface area contributed by atoms with Gasteiger partial charge in [0.2, 0.25) is 0 Å². The number of furan rings is 1. The van der Waals surface area contributed by atoms with Gasteiger partial charge in [-0.3, -0.25) is 14.6 Å². The number of hydrogen-bond acceptors (Lipinski definition) is 6.